The standard InChI is InChI=1S/C34H30N6O/c1-2-31(41)39-22-25(21-35)20-29(23-39)38-32-30-18-19-40(33(30)37-24-36-32)34(26-12-6-3-7-13-26,27-14-8-4-9-15-27)28-16-10-5-11-17-28/h2-19,24-25,29H,1,20,22-23H2,(H,36,37,38)/t25?,29-/m1/s1. The molecule has 0 bridgehead atoms. The van der Waals surface area contributed by atoms with E-state index in [9.17, 15) is 10.1 Å². The first-order valence-electron chi connectivity index (χ1n) is 13.7. The number of nitrogens with zero attached hydrogens (tertiary/aromatic N) is 5. The number of fused-ring (bicyclic) bond motifs is 1. The minimum absolute atomic E-state index is 0.138. The lowest BCUT2D eigenvalue weighted by molar-refractivity contribution is -0.127. The van der Waals surface area contributed by atoms with Gasteiger partial charge in [0.25, 0.3) is 0 Å². The van der Waals surface area contributed by atoms with Crippen LogP contribution in [0.5, 0.6) is 0 Å². The molecule has 0 saturated carbocycles. The monoisotopic (exact) mass is 538 g/mol. The van der Waals surface area contributed by atoms with Crippen LogP contribution in [0.25, 0.3) is 11.0 Å². The zero-order valence-corrected chi connectivity index (χ0v) is 22.6. The number of piperidine rings is 1. The van der Waals surface area contributed by atoms with Gasteiger partial charge in [-0.3, -0.25) is 4.79 Å². The summed E-state index contributed by atoms with van der Waals surface area (Å²) in [5.74, 6) is 0.231. The van der Waals surface area contributed by atoms with E-state index in [0.717, 1.165) is 27.7 Å². The Bertz CT molecular complexity index is 1610. The summed E-state index contributed by atoms with van der Waals surface area (Å²) in [5, 5.41) is 14.1. The van der Waals surface area contributed by atoms with Crippen LogP contribution in [0.4, 0.5) is 5.82 Å². The minimum atomic E-state index is -0.707. The first kappa shape index (κ1) is 26.0. The van der Waals surface area contributed by atoms with Crippen molar-refractivity contribution in [3.05, 3.63) is 139 Å². The molecule has 3 aromatic carbocycles. The Hall–Kier alpha value is -5.22. The van der Waals surface area contributed by atoms with Gasteiger partial charge in [0.2, 0.25) is 5.91 Å². The van der Waals surface area contributed by atoms with E-state index >= 15 is 0 Å². The second-order valence-corrected chi connectivity index (χ2v) is 10.3. The summed E-state index contributed by atoms with van der Waals surface area (Å²) in [4.78, 5) is 23.5. The van der Waals surface area contributed by atoms with Crippen molar-refractivity contribution in [2.75, 3.05) is 18.4 Å². The number of rotatable bonds is 7. The smallest absolute Gasteiger partial charge is 0.246 e. The van der Waals surface area contributed by atoms with Gasteiger partial charge in [-0.1, -0.05) is 97.6 Å². The molecule has 3 heterocycles. The Morgan fingerprint density at radius 3 is 2.02 bits per heavy atom. The van der Waals surface area contributed by atoms with Crippen molar-refractivity contribution < 1.29 is 4.79 Å². The molecule has 0 radical (unpaired) electrons. The van der Waals surface area contributed by atoms with Crippen molar-refractivity contribution in [1.82, 2.24) is 19.4 Å². The molecular formula is C34H30N6O. The second-order valence-electron chi connectivity index (χ2n) is 10.3. The minimum Gasteiger partial charge on any atom is -0.365 e. The van der Waals surface area contributed by atoms with Crippen molar-refractivity contribution in [3.8, 4) is 6.07 Å². The van der Waals surface area contributed by atoms with E-state index < -0.39 is 5.54 Å². The highest BCUT2D eigenvalue weighted by Crippen LogP contribution is 2.43. The Morgan fingerprint density at radius 2 is 1.49 bits per heavy atom. The van der Waals surface area contributed by atoms with Gasteiger partial charge in [-0.05, 0) is 35.3 Å². The van der Waals surface area contributed by atoms with Crippen LogP contribution in [-0.2, 0) is 10.3 Å². The maximum atomic E-state index is 12.4. The maximum absolute atomic E-state index is 12.4. The SMILES string of the molecule is C=CC(=O)N1CC(C#N)C[C@@H](Nc2ncnc3c2ccn3C(c2ccccc2)(c2ccccc2)c2ccccc2)C1. The van der Waals surface area contributed by atoms with Crippen LogP contribution in [0, 0.1) is 17.2 Å². The summed E-state index contributed by atoms with van der Waals surface area (Å²) in [6.07, 6.45) is 5.57. The predicted molar refractivity (Wildman–Crippen MR) is 160 cm³/mol. The molecule has 5 aromatic rings. The summed E-state index contributed by atoms with van der Waals surface area (Å²) in [6.45, 7) is 4.49. The highest BCUT2D eigenvalue weighted by atomic mass is 16.2. The van der Waals surface area contributed by atoms with Crippen molar-refractivity contribution in [2.24, 2.45) is 5.92 Å². The van der Waals surface area contributed by atoms with Gasteiger partial charge >= 0.3 is 0 Å². The highest BCUT2D eigenvalue weighted by molar-refractivity contribution is 5.89. The number of carbonyl (C=O) groups excluding carboxylic acids is 1. The van der Waals surface area contributed by atoms with Crippen LogP contribution < -0.4 is 5.32 Å². The van der Waals surface area contributed by atoms with Gasteiger partial charge in [0.15, 0.2) is 0 Å². The lowest BCUT2D eigenvalue weighted by Crippen LogP contribution is -2.48. The largest absolute Gasteiger partial charge is 0.365 e. The van der Waals surface area contributed by atoms with Crippen molar-refractivity contribution in [2.45, 2.75) is 18.0 Å². The lowest BCUT2D eigenvalue weighted by Gasteiger charge is -2.38. The molecule has 7 heteroatoms. The lowest BCUT2D eigenvalue weighted by atomic mass is 9.76. The molecule has 0 spiro atoms. The van der Waals surface area contributed by atoms with E-state index in [-0.39, 0.29) is 17.9 Å². The van der Waals surface area contributed by atoms with E-state index in [1.807, 2.05) is 24.3 Å². The number of likely N-dealkylation sites (tertiary alicyclic amines) is 1. The highest BCUT2D eigenvalue weighted by Gasteiger charge is 2.39. The number of anilines is 1. The summed E-state index contributed by atoms with van der Waals surface area (Å²) >= 11 is 0. The molecule has 1 aliphatic rings. The first-order valence-corrected chi connectivity index (χ1v) is 13.7. The number of amides is 1. The van der Waals surface area contributed by atoms with E-state index in [1.54, 1.807) is 11.2 Å². The van der Waals surface area contributed by atoms with Gasteiger partial charge in [0.05, 0.1) is 17.4 Å². The van der Waals surface area contributed by atoms with Crippen LogP contribution >= 0.6 is 0 Å². The number of hydrogen-bond donors (Lipinski definition) is 1. The van der Waals surface area contributed by atoms with Gasteiger partial charge < -0.3 is 14.8 Å². The van der Waals surface area contributed by atoms with Crippen LogP contribution in [0.2, 0.25) is 0 Å². The van der Waals surface area contributed by atoms with E-state index in [4.69, 9.17) is 4.98 Å². The van der Waals surface area contributed by atoms with Crippen molar-refractivity contribution in [1.29, 1.82) is 5.26 Å². The third kappa shape index (κ3) is 4.64. The van der Waals surface area contributed by atoms with Crippen LogP contribution in [0.3, 0.4) is 0 Å². The molecule has 1 fully saturated rings. The molecule has 202 valence electrons. The number of hydrogen-bond acceptors (Lipinski definition) is 5. The predicted octanol–water partition coefficient (Wildman–Crippen LogP) is 5.61. The number of nitriles is 1. The molecule has 2 atom stereocenters. The summed E-state index contributed by atoms with van der Waals surface area (Å²) < 4.78 is 2.22. The van der Waals surface area contributed by atoms with Gasteiger partial charge in [-0.15, -0.1) is 0 Å². The van der Waals surface area contributed by atoms with Gasteiger partial charge in [0, 0.05) is 25.3 Å². The molecule has 1 unspecified atom stereocenters. The Balaban J connectivity index is 1.51. The molecule has 1 saturated heterocycles. The number of benzene rings is 3. The third-order valence-corrected chi connectivity index (χ3v) is 7.88. The van der Waals surface area contributed by atoms with Crippen molar-refractivity contribution in [3.63, 3.8) is 0 Å². The molecule has 1 aliphatic heterocycles. The fourth-order valence-corrected chi connectivity index (χ4v) is 6.09. The molecule has 6 rings (SSSR count). The quantitative estimate of drug-likeness (QED) is 0.215. The molecule has 7 nitrogen and oxygen atoms in total. The van der Waals surface area contributed by atoms with Gasteiger partial charge in [-0.25, -0.2) is 9.97 Å². The molecule has 41 heavy (non-hydrogen) atoms. The molecule has 0 aliphatic carbocycles. The third-order valence-electron chi connectivity index (χ3n) is 7.88. The molecule has 1 amide bonds. The number of nitrogens with one attached hydrogen (secondary N) is 1. The number of carbonyl (C=O) groups is 1. The first-order chi connectivity index (χ1) is 20.1. The fraction of sp³-hybridized carbons (Fsp3) is 0.176. The van der Waals surface area contributed by atoms with Crippen LogP contribution in [0.1, 0.15) is 23.1 Å². The summed E-state index contributed by atoms with van der Waals surface area (Å²) in [6, 6.07) is 35.6. The maximum Gasteiger partial charge on any atom is 0.246 e. The van der Waals surface area contributed by atoms with Crippen molar-refractivity contribution >= 4 is 22.8 Å². The van der Waals surface area contributed by atoms with Gasteiger partial charge in [-0.2, -0.15) is 5.26 Å². The van der Waals surface area contributed by atoms with E-state index in [0.29, 0.717) is 25.3 Å². The topological polar surface area (TPSA) is 86.8 Å². The zero-order chi connectivity index (χ0) is 28.2. The van der Waals surface area contributed by atoms with Crippen LogP contribution in [0.15, 0.2) is 122 Å². The summed E-state index contributed by atoms with van der Waals surface area (Å²) in [7, 11) is 0. The second kappa shape index (κ2) is 11.1. The fourth-order valence-electron chi connectivity index (χ4n) is 6.09. The molecule has 1 N–H and O–H groups in total. The van der Waals surface area contributed by atoms with E-state index in [1.165, 1.54) is 6.08 Å². The summed E-state index contributed by atoms with van der Waals surface area (Å²) in [5.41, 5.74) is 3.37. The average Bonchev–Trinajstić information content (AvgIpc) is 3.48. The molecule has 2 aromatic heterocycles. The Morgan fingerprint density at radius 1 is 0.902 bits per heavy atom. The van der Waals surface area contributed by atoms with Gasteiger partial charge in [0.1, 0.15) is 23.3 Å². The Labute approximate surface area is 239 Å². The Kier molecular flexibility index (Phi) is 7.05. The normalized spacial score (nSPS) is 17.1. The molecular weight excluding hydrogens is 508 g/mol. The zero-order valence-electron chi connectivity index (χ0n) is 22.6. The average molecular weight is 539 g/mol. The number of aromatic nitrogens is 3. The van der Waals surface area contributed by atoms with Crippen LogP contribution in [-0.4, -0.2) is 44.5 Å². The van der Waals surface area contributed by atoms with E-state index in [2.05, 4.69) is 107 Å².